The molecular weight excluding hydrogens is 399 g/mol. The first-order valence-corrected chi connectivity index (χ1v) is 8.90. The Hall–Kier alpha value is -3.89. The summed E-state index contributed by atoms with van der Waals surface area (Å²) in [6.45, 7) is 0. The van der Waals surface area contributed by atoms with Crippen molar-refractivity contribution in [1.82, 2.24) is 25.1 Å². The zero-order chi connectivity index (χ0) is 21.1. The van der Waals surface area contributed by atoms with Gasteiger partial charge in [0, 0.05) is 17.3 Å². The number of nitrogen functional groups attached to an aromatic ring is 1. The van der Waals surface area contributed by atoms with Gasteiger partial charge in [0.25, 0.3) is 0 Å². The summed E-state index contributed by atoms with van der Waals surface area (Å²) in [5.74, 6) is 1.79. The van der Waals surface area contributed by atoms with Crippen molar-refractivity contribution in [1.29, 1.82) is 0 Å². The summed E-state index contributed by atoms with van der Waals surface area (Å²) in [5, 5.41) is 9.63. The Morgan fingerprint density at radius 2 is 1.93 bits per heavy atom. The maximum Gasteiger partial charge on any atom is 0.416 e. The molecule has 2 heterocycles. The number of anilines is 2. The zero-order valence-corrected chi connectivity index (χ0v) is 15.4. The SMILES string of the molecule is Nc1cc(Oc2ccc(-c3nc(NC4=CC(C(F)(F)F)=CCC4)n[nH]3)cc2)ncn1. The van der Waals surface area contributed by atoms with E-state index < -0.39 is 11.7 Å². The molecular formula is C19H16F3N7O. The van der Waals surface area contributed by atoms with Crippen molar-refractivity contribution in [2.45, 2.75) is 19.0 Å². The van der Waals surface area contributed by atoms with Crippen LogP contribution in [-0.2, 0) is 0 Å². The van der Waals surface area contributed by atoms with Crippen molar-refractivity contribution in [3.05, 3.63) is 60.1 Å². The molecule has 1 aliphatic rings. The predicted octanol–water partition coefficient (Wildman–Crippen LogP) is 4.21. The molecule has 30 heavy (non-hydrogen) atoms. The lowest BCUT2D eigenvalue weighted by atomic mass is 10.0. The molecule has 0 radical (unpaired) electrons. The van der Waals surface area contributed by atoms with Crippen LogP contribution in [0.4, 0.5) is 24.9 Å². The van der Waals surface area contributed by atoms with Crippen LogP contribution in [0.3, 0.4) is 0 Å². The molecule has 1 aromatic carbocycles. The number of halogens is 3. The highest BCUT2D eigenvalue weighted by atomic mass is 19.4. The molecule has 4 rings (SSSR count). The number of nitrogens with two attached hydrogens (primary N) is 1. The number of aromatic amines is 1. The van der Waals surface area contributed by atoms with E-state index in [9.17, 15) is 13.2 Å². The molecule has 8 nitrogen and oxygen atoms in total. The molecule has 0 bridgehead atoms. The summed E-state index contributed by atoms with van der Waals surface area (Å²) in [5.41, 5.74) is 6.05. The molecule has 0 unspecified atom stereocenters. The maximum absolute atomic E-state index is 12.9. The Labute approximate surface area is 168 Å². The van der Waals surface area contributed by atoms with E-state index in [-0.39, 0.29) is 5.95 Å². The first-order chi connectivity index (χ1) is 14.4. The average Bonchev–Trinajstić information content (AvgIpc) is 3.17. The minimum atomic E-state index is -4.38. The Kier molecular flexibility index (Phi) is 5.09. The van der Waals surface area contributed by atoms with Crippen molar-refractivity contribution >= 4 is 11.8 Å². The largest absolute Gasteiger partial charge is 0.439 e. The van der Waals surface area contributed by atoms with Gasteiger partial charge in [0.05, 0.1) is 5.57 Å². The number of benzene rings is 1. The Bertz CT molecular complexity index is 1100. The van der Waals surface area contributed by atoms with Gasteiger partial charge < -0.3 is 15.8 Å². The number of allylic oxidation sites excluding steroid dienone is 4. The summed E-state index contributed by atoms with van der Waals surface area (Å²) in [6.07, 6.45) is -0.0802. The highest BCUT2D eigenvalue weighted by Gasteiger charge is 2.33. The van der Waals surface area contributed by atoms with Crippen LogP contribution in [0.1, 0.15) is 12.8 Å². The average molecular weight is 415 g/mol. The number of nitrogens with one attached hydrogen (secondary N) is 2. The van der Waals surface area contributed by atoms with Crippen LogP contribution in [-0.4, -0.2) is 31.3 Å². The van der Waals surface area contributed by atoms with Crippen LogP contribution >= 0.6 is 0 Å². The minimum Gasteiger partial charge on any atom is -0.439 e. The van der Waals surface area contributed by atoms with E-state index >= 15 is 0 Å². The number of nitrogens with zero attached hydrogens (tertiary/aromatic N) is 4. The normalized spacial score (nSPS) is 14.1. The van der Waals surface area contributed by atoms with Crippen LogP contribution < -0.4 is 15.8 Å². The van der Waals surface area contributed by atoms with E-state index in [2.05, 4.69) is 30.5 Å². The third kappa shape index (κ3) is 4.57. The summed E-state index contributed by atoms with van der Waals surface area (Å²) >= 11 is 0. The molecule has 0 amide bonds. The second-order valence-corrected chi connectivity index (χ2v) is 6.41. The lowest BCUT2D eigenvalue weighted by Crippen LogP contribution is -2.14. The predicted molar refractivity (Wildman–Crippen MR) is 103 cm³/mol. The van der Waals surface area contributed by atoms with Crippen LogP contribution in [0, 0.1) is 0 Å². The quantitative estimate of drug-likeness (QED) is 0.572. The van der Waals surface area contributed by atoms with E-state index in [0.717, 1.165) is 11.6 Å². The molecule has 11 heteroatoms. The smallest absolute Gasteiger partial charge is 0.416 e. The van der Waals surface area contributed by atoms with Gasteiger partial charge in [0.2, 0.25) is 11.8 Å². The highest BCUT2D eigenvalue weighted by Crippen LogP contribution is 2.32. The summed E-state index contributed by atoms with van der Waals surface area (Å²) in [4.78, 5) is 12.0. The molecule has 0 saturated carbocycles. The first-order valence-electron chi connectivity index (χ1n) is 8.90. The molecule has 3 aromatic rings. The van der Waals surface area contributed by atoms with Crippen LogP contribution in [0.5, 0.6) is 11.6 Å². The van der Waals surface area contributed by atoms with Gasteiger partial charge >= 0.3 is 6.18 Å². The van der Waals surface area contributed by atoms with Gasteiger partial charge in [-0.25, -0.2) is 9.97 Å². The van der Waals surface area contributed by atoms with Gasteiger partial charge in [0.15, 0.2) is 5.82 Å². The second kappa shape index (κ2) is 7.85. The minimum absolute atomic E-state index is 0.191. The fourth-order valence-corrected chi connectivity index (χ4v) is 2.80. The van der Waals surface area contributed by atoms with Crippen molar-refractivity contribution in [2.24, 2.45) is 0 Å². The third-order valence-electron chi connectivity index (χ3n) is 4.21. The molecule has 2 aromatic heterocycles. The number of alkyl halides is 3. The molecule has 0 saturated heterocycles. The molecule has 1 aliphatic carbocycles. The van der Waals surface area contributed by atoms with Gasteiger partial charge in [-0.2, -0.15) is 18.2 Å². The van der Waals surface area contributed by atoms with Crippen LogP contribution in [0.25, 0.3) is 11.4 Å². The maximum atomic E-state index is 12.9. The van der Waals surface area contributed by atoms with Gasteiger partial charge in [-0.15, -0.1) is 5.10 Å². The van der Waals surface area contributed by atoms with Gasteiger partial charge in [-0.1, -0.05) is 6.08 Å². The second-order valence-electron chi connectivity index (χ2n) is 6.41. The number of hydrogen-bond acceptors (Lipinski definition) is 7. The number of aromatic nitrogens is 5. The van der Waals surface area contributed by atoms with Gasteiger partial charge in [0.1, 0.15) is 17.9 Å². The number of hydrogen-bond donors (Lipinski definition) is 3. The van der Waals surface area contributed by atoms with Gasteiger partial charge in [-0.05, 0) is 43.2 Å². The van der Waals surface area contributed by atoms with Crippen molar-refractivity contribution in [3.63, 3.8) is 0 Å². The van der Waals surface area contributed by atoms with Gasteiger partial charge in [-0.3, -0.25) is 5.10 Å². The van der Waals surface area contributed by atoms with Crippen molar-refractivity contribution in [2.75, 3.05) is 11.1 Å². The van der Waals surface area contributed by atoms with Crippen LogP contribution in [0.15, 0.2) is 60.1 Å². The van der Waals surface area contributed by atoms with Crippen molar-refractivity contribution < 1.29 is 17.9 Å². The fraction of sp³-hybridized carbons (Fsp3) is 0.158. The van der Waals surface area contributed by atoms with E-state index in [1.54, 1.807) is 24.3 Å². The summed E-state index contributed by atoms with van der Waals surface area (Å²) in [7, 11) is 0. The lowest BCUT2D eigenvalue weighted by Gasteiger charge is -2.16. The van der Waals surface area contributed by atoms with E-state index in [0.29, 0.717) is 41.8 Å². The molecule has 0 aliphatic heterocycles. The number of H-pyrrole nitrogens is 1. The fourth-order valence-electron chi connectivity index (χ4n) is 2.80. The number of rotatable bonds is 5. The van der Waals surface area contributed by atoms with E-state index in [1.165, 1.54) is 18.5 Å². The monoisotopic (exact) mass is 415 g/mol. The molecule has 4 N–H and O–H groups in total. The summed E-state index contributed by atoms with van der Waals surface area (Å²) < 4.78 is 44.2. The Morgan fingerprint density at radius 3 is 2.67 bits per heavy atom. The highest BCUT2D eigenvalue weighted by molar-refractivity contribution is 5.58. The van der Waals surface area contributed by atoms with Crippen LogP contribution in [0.2, 0.25) is 0 Å². The standard InChI is InChI=1S/C19H16F3N7O/c20-19(21,22)12-2-1-3-13(8-12)26-18-27-17(28-29-18)11-4-6-14(7-5-11)30-16-9-15(23)24-10-25-16/h2,4-10H,1,3H2,(H2,23,24,25)(H2,26,27,28,29). The lowest BCUT2D eigenvalue weighted by molar-refractivity contribution is -0.0887. The first kappa shape index (κ1) is 19.4. The molecule has 0 fully saturated rings. The van der Waals surface area contributed by atoms with Crippen molar-refractivity contribution in [3.8, 4) is 23.0 Å². The molecule has 0 atom stereocenters. The number of ether oxygens (including phenoxy) is 1. The Balaban J connectivity index is 1.44. The molecule has 154 valence electrons. The van der Waals surface area contributed by atoms with E-state index in [1.807, 2.05) is 0 Å². The topological polar surface area (TPSA) is 115 Å². The zero-order valence-electron chi connectivity index (χ0n) is 15.4. The van der Waals surface area contributed by atoms with E-state index in [4.69, 9.17) is 10.5 Å². The third-order valence-corrected chi connectivity index (χ3v) is 4.21. The molecule has 0 spiro atoms. The Morgan fingerprint density at radius 1 is 1.13 bits per heavy atom. The summed E-state index contributed by atoms with van der Waals surface area (Å²) in [6, 6.07) is 8.45.